The number of hydrogen-bond donors (Lipinski definition) is 2. The van der Waals surface area contributed by atoms with Crippen molar-refractivity contribution in [2.24, 2.45) is 0 Å². The summed E-state index contributed by atoms with van der Waals surface area (Å²) in [6, 6.07) is 5.62. The van der Waals surface area contributed by atoms with Crippen LogP contribution in [0.3, 0.4) is 0 Å². The van der Waals surface area contributed by atoms with Crippen LogP contribution in [-0.2, 0) is 4.79 Å². The Balaban J connectivity index is 1.87. The third-order valence-corrected chi connectivity index (χ3v) is 5.61. The van der Waals surface area contributed by atoms with E-state index >= 15 is 0 Å². The van der Waals surface area contributed by atoms with Gasteiger partial charge in [0.2, 0.25) is 0 Å². The normalized spacial score (nSPS) is 21.3. The van der Waals surface area contributed by atoms with Crippen molar-refractivity contribution in [2.45, 2.75) is 12.0 Å². The molecule has 0 spiro atoms. The summed E-state index contributed by atoms with van der Waals surface area (Å²) >= 11 is 2.87. The monoisotopic (exact) mass is 322 g/mol. The van der Waals surface area contributed by atoms with Gasteiger partial charge in [-0.15, -0.1) is 11.3 Å². The van der Waals surface area contributed by atoms with E-state index in [0.717, 1.165) is 11.4 Å². The summed E-state index contributed by atoms with van der Waals surface area (Å²) in [5, 5.41) is 14.0. The van der Waals surface area contributed by atoms with Gasteiger partial charge in [-0.05, 0) is 35.8 Å². The molecule has 2 N–H and O–H groups in total. The van der Waals surface area contributed by atoms with Gasteiger partial charge in [0, 0.05) is 18.1 Å². The highest BCUT2D eigenvalue weighted by atomic mass is 32.2. The lowest BCUT2D eigenvalue weighted by Gasteiger charge is -2.24. The van der Waals surface area contributed by atoms with E-state index in [1.54, 1.807) is 11.8 Å². The highest BCUT2D eigenvalue weighted by Crippen LogP contribution is 2.30. The quantitative estimate of drug-likeness (QED) is 0.905. The second-order valence-electron chi connectivity index (χ2n) is 4.87. The van der Waals surface area contributed by atoms with Crippen LogP contribution in [-0.4, -0.2) is 38.6 Å². The van der Waals surface area contributed by atoms with Crippen molar-refractivity contribution in [3.63, 3.8) is 0 Å². The topological polar surface area (TPSA) is 71.3 Å². The van der Waals surface area contributed by atoms with E-state index in [4.69, 9.17) is 0 Å². The third kappa shape index (κ3) is 2.58. The average Bonchev–Trinajstić information content (AvgIpc) is 3.19. The molecular weight excluding hydrogens is 308 g/mol. The number of nitrogens with zero attached hydrogens (tertiary/aromatic N) is 1. The van der Waals surface area contributed by atoms with E-state index in [2.05, 4.69) is 5.32 Å². The molecule has 3 heterocycles. The first kappa shape index (κ1) is 14.2. The Morgan fingerprint density at radius 3 is 2.71 bits per heavy atom. The van der Waals surface area contributed by atoms with Crippen LogP contribution < -0.4 is 5.32 Å². The highest BCUT2D eigenvalue weighted by Gasteiger charge is 2.43. The third-order valence-electron chi connectivity index (χ3n) is 3.52. The summed E-state index contributed by atoms with van der Waals surface area (Å²) in [7, 11) is 0. The predicted molar refractivity (Wildman–Crippen MR) is 83.4 cm³/mol. The Labute approximate surface area is 130 Å². The summed E-state index contributed by atoms with van der Waals surface area (Å²) < 4.78 is 1.85. The second-order valence-corrected chi connectivity index (χ2v) is 6.89. The zero-order valence-electron chi connectivity index (χ0n) is 11.1. The number of thioether (sulfide) groups is 1. The van der Waals surface area contributed by atoms with Gasteiger partial charge in [-0.1, -0.05) is 0 Å². The zero-order valence-corrected chi connectivity index (χ0v) is 12.7. The fourth-order valence-corrected chi connectivity index (χ4v) is 4.44. The van der Waals surface area contributed by atoms with Crippen LogP contribution in [0.4, 0.5) is 0 Å². The first-order valence-electron chi connectivity index (χ1n) is 6.47. The van der Waals surface area contributed by atoms with Gasteiger partial charge in [0.1, 0.15) is 10.4 Å². The van der Waals surface area contributed by atoms with Gasteiger partial charge in [0.05, 0.1) is 5.69 Å². The average molecular weight is 322 g/mol. The predicted octanol–water partition coefficient (Wildman–Crippen LogP) is 2.23. The molecular formula is C14H14N2O3S2. The molecule has 21 heavy (non-hydrogen) atoms. The van der Waals surface area contributed by atoms with E-state index in [1.807, 2.05) is 40.5 Å². The molecule has 0 aromatic carbocycles. The van der Waals surface area contributed by atoms with E-state index in [-0.39, 0.29) is 5.91 Å². The molecule has 0 saturated carbocycles. The molecule has 1 amide bonds. The van der Waals surface area contributed by atoms with Gasteiger partial charge in [0.25, 0.3) is 5.91 Å². The van der Waals surface area contributed by atoms with E-state index in [0.29, 0.717) is 17.1 Å². The van der Waals surface area contributed by atoms with Crippen LogP contribution in [0.25, 0.3) is 5.69 Å². The number of carbonyl (C=O) groups is 2. The molecule has 2 aromatic heterocycles. The molecule has 0 bridgehead atoms. The first-order valence-corrected chi connectivity index (χ1v) is 8.50. The van der Waals surface area contributed by atoms with Crippen LogP contribution in [0.1, 0.15) is 16.1 Å². The van der Waals surface area contributed by atoms with Gasteiger partial charge in [0.15, 0.2) is 0 Å². The standard InChI is InChI=1S/C14H14N2O3S2/c17-12(15-14(13(18)19)4-8-20-9-14)11-10(3-7-21-11)16-5-1-2-6-16/h1-3,5-7H,4,8-9H2,(H,15,17)(H,18,19). The molecule has 110 valence electrons. The second kappa shape index (κ2) is 5.57. The molecule has 1 fully saturated rings. The maximum Gasteiger partial charge on any atom is 0.330 e. The summed E-state index contributed by atoms with van der Waals surface area (Å²) in [6.45, 7) is 0. The molecule has 1 unspecified atom stereocenters. The van der Waals surface area contributed by atoms with Gasteiger partial charge in [-0.2, -0.15) is 11.8 Å². The number of aromatic nitrogens is 1. The molecule has 5 nitrogen and oxygen atoms in total. The lowest BCUT2D eigenvalue weighted by molar-refractivity contribution is -0.143. The minimum absolute atomic E-state index is 0.321. The molecule has 0 aliphatic carbocycles. The first-order chi connectivity index (χ1) is 10.1. The molecule has 1 atom stereocenters. The van der Waals surface area contributed by atoms with Gasteiger partial charge >= 0.3 is 5.97 Å². The number of carboxylic acids is 1. The Morgan fingerprint density at radius 1 is 1.33 bits per heavy atom. The minimum Gasteiger partial charge on any atom is -0.479 e. The van der Waals surface area contributed by atoms with Crippen molar-refractivity contribution in [3.05, 3.63) is 40.8 Å². The summed E-state index contributed by atoms with van der Waals surface area (Å²) in [5.41, 5.74) is -0.367. The molecule has 2 aromatic rings. The Kier molecular flexibility index (Phi) is 3.77. The molecule has 3 rings (SSSR count). The number of rotatable bonds is 4. The Hall–Kier alpha value is -1.73. The zero-order chi connectivity index (χ0) is 14.9. The van der Waals surface area contributed by atoms with Crippen LogP contribution >= 0.6 is 23.1 Å². The smallest absolute Gasteiger partial charge is 0.330 e. The Bertz CT molecular complexity index is 658. The number of nitrogens with one attached hydrogen (secondary N) is 1. The van der Waals surface area contributed by atoms with Gasteiger partial charge < -0.3 is 15.0 Å². The van der Waals surface area contributed by atoms with Gasteiger partial charge in [-0.3, -0.25) is 4.79 Å². The number of thiophene rings is 1. The number of aliphatic carboxylic acids is 1. The SMILES string of the molecule is O=C(NC1(C(=O)O)CCSC1)c1sccc1-n1cccc1. The lowest BCUT2D eigenvalue weighted by Crippen LogP contribution is -2.54. The van der Waals surface area contributed by atoms with Crippen molar-refractivity contribution in [2.75, 3.05) is 11.5 Å². The molecule has 7 heteroatoms. The van der Waals surface area contributed by atoms with Gasteiger partial charge in [-0.25, -0.2) is 4.79 Å². The van der Waals surface area contributed by atoms with Crippen LogP contribution in [0.5, 0.6) is 0 Å². The number of amides is 1. The fourth-order valence-electron chi connectivity index (χ4n) is 2.33. The fraction of sp³-hybridized carbons (Fsp3) is 0.286. The van der Waals surface area contributed by atoms with Crippen molar-refractivity contribution in [1.82, 2.24) is 9.88 Å². The highest BCUT2D eigenvalue weighted by molar-refractivity contribution is 7.99. The molecule has 1 aliphatic heterocycles. The van der Waals surface area contributed by atoms with Crippen LogP contribution in [0.2, 0.25) is 0 Å². The summed E-state index contributed by atoms with van der Waals surface area (Å²) in [5.74, 6) is -0.113. The van der Waals surface area contributed by atoms with E-state index in [1.165, 1.54) is 11.3 Å². The molecule has 0 radical (unpaired) electrons. The molecule has 1 saturated heterocycles. The Morgan fingerprint density at radius 2 is 2.10 bits per heavy atom. The maximum atomic E-state index is 12.5. The number of hydrogen-bond acceptors (Lipinski definition) is 4. The number of carbonyl (C=O) groups excluding carboxylic acids is 1. The van der Waals surface area contributed by atoms with E-state index in [9.17, 15) is 14.7 Å². The van der Waals surface area contributed by atoms with Crippen molar-refractivity contribution in [3.8, 4) is 5.69 Å². The van der Waals surface area contributed by atoms with Crippen molar-refractivity contribution >= 4 is 35.0 Å². The van der Waals surface area contributed by atoms with Crippen molar-refractivity contribution in [1.29, 1.82) is 0 Å². The lowest BCUT2D eigenvalue weighted by atomic mass is 9.99. The molecule has 1 aliphatic rings. The largest absolute Gasteiger partial charge is 0.479 e. The van der Waals surface area contributed by atoms with Crippen molar-refractivity contribution < 1.29 is 14.7 Å². The summed E-state index contributed by atoms with van der Waals surface area (Å²) in [6.07, 6.45) is 4.18. The summed E-state index contributed by atoms with van der Waals surface area (Å²) in [4.78, 5) is 24.5. The van der Waals surface area contributed by atoms with Crippen LogP contribution in [0, 0.1) is 0 Å². The van der Waals surface area contributed by atoms with E-state index < -0.39 is 11.5 Å². The minimum atomic E-state index is -1.14. The van der Waals surface area contributed by atoms with Crippen LogP contribution in [0.15, 0.2) is 36.0 Å². The maximum absolute atomic E-state index is 12.5. The number of carboxylic acid groups (broad SMARTS) is 1.